The zero-order valence-electron chi connectivity index (χ0n) is 9.77. The Hall–Kier alpha value is -1.26. The number of hydrogen-bond donors (Lipinski definition) is 0. The summed E-state index contributed by atoms with van der Waals surface area (Å²) in [5.74, 6) is 1.60. The molecular formula is C12H18O4. The van der Waals surface area contributed by atoms with Crippen LogP contribution in [-0.4, -0.2) is 34.2 Å². The molecule has 1 aromatic rings. The molecule has 0 amide bonds. The van der Waals surface area contributed by atoms with Crippen LogP contribution in [0.3, 0.4) is 0 Å². The summed E-state index contributed by atoms with van der Waals surface area (Å²) in [7, 11) is 3.27. The number of hydrogen-bond acceptors (Lipinski definition) is 4. The van der Waals surface area contributed by atoms with Crippen molar-refractivity contribution in [2.24, 2.45) is 0 Å². The summed E-state index contributed by atoms with van der Waals surface area (Å²) in [4.78, 5) is 0. The quantitative estimate of drug-likeness (QED) is 0.502. The van der Waals surface area contributed by atoms with E-state index in [0.717, 1.165) is 24.5 Å². The molecule has 0 aliphatic carbocycles. The average molecular weight is 226 g/mol. The predicted molar refractivity (Wildman–Crippen MR) is 60.9 cm³/mol. The van der Waals surface area contributed by atoms with E-state index in [1.54, 1.807) is 14.2 Å². The minimum absolute atomic E-state index is 0.258. The highest BCUT2D eigenvalue weighted by atomic mass is 16.7. The van der Waals surface area contributed by atoms with Gasteiger partial charge in [-0.05, 0) is 24.3 Å². The lowest BCUT2D eigenvalue weighted by molar-refractivity contribution is 0.0511. The molecular weight excluding hydrogens is 208 g/mol. The van der Waals surface area contributed by atoms with Crippen molar-refractivity contribution in [3.63, 3.8) is 0 Å². The van der Waals surface area contributed by atoms with Gasteiger partial charge in [0.15, 0.2) is 6.79 Å². The van der Waals surface area contributed by atoms with Gasteiger partial charge in [0.2, 0.25) is 0 Å². The third-order valence-corrected chi connectivity index (χ3v) is 1.93. The fraction of sp³-hybridized carbons (Fsp3) is 0.500. The van der Waals surface area contributed by atoms with Gasteiger partial charge in [0, 0.05) is 27.2 Å². The monoisotopic (exact) mass is 226 g/mol. The summed E-state index contributed by atoms with van der Waals surface area (Å²) in [6.45, 7) is 1.63. The van der Waals surface area contributed by atoms with E-state index in [2.05, 4.69) is 0 Å². The van der Waals surface area contributed by atoms with E-state index in [9.17, 15) is 0 Å². The lowest BCUT2D eigenvalue weighted by Crippen LogP contribution is -2.01. The molecule has 0 heterocycles. The van der Waals surface area contributed by atoms with Crippen molar-refractivity contribution in [2.45, 2.75) is 6.42 Å². The van der Waals surface area contributed by atoms with Crippen LogP contribution in [0.4, 0.5) is 0 Å². The third-order valence-electron chi connectivity index (χ3n) is 1.93. The van der Waals surface area contributed by atoms with Gasteiger partial charge in [-0.3, -0.25) is 0 Å². The second-order valence-electron chi connectivity index (χ2n) is 3.22. The molecule has 0 saturated carbocycles. The van der Waals surface area contributed by atoms with Crippen LogP contribution in [-0.2, 0) is 9.47 Å². The molecule has 0 radical (unpaired) electrons. The minimum atomic E-state index is 0.258. The molecule has 0 spiro atoms. The van der Waals surface area contributed by atoms with Gasteiger partial charge >= 0.3 is 0 Å². The van der Waals surface area contributed by atoms with E-state index in [4.69, 9.17) is 18.9 Å². The predicted octanol–water partition coefficient (Wildman–Crippen LogP) is 2.08. The van der Waals surface area contributed by atoms with Crippen LogP contribution < -0.4 is 9.47 Å². The molecule has 0 fully saturated rings. The van der Waals surface area contributed by atoms with E-state index in [1.165, 1.54) is 0 Å². The Balaban J connectivity index is 2.27. The average Bonchev–Trinajstić information content (AvgIpc) is 2.33. The first-order valence-corrected chi connectivity index (χ1v) is 5.20. The summed E-state index contributed by atoms with van der Waals surface area (Å²) in [5, 5.41) is 0. The molecule has 0 aliphatic heterocycles. The maximum Gasteiger partial charge on any atom is 0.188 e. The topological polar surface area (TPSA) is 36.9 Å². The number of methoxy groups -OCH3 is 2. The Morgan fingerprint density at radius 3 is 2.00 bits per heavy atom. The van der Waals surface area contributed by atoms with Gasteiger partial charge in [0.25, 0.3) is 0 Å². The molecule has 0 saturated heterocycles. The van der Waals surface area contributed by atoms with Crippen molar-refractivity contribution in [3.05, 3.63) is 24.3 Å². The van der Waals surface area contributed by atoms with Gasteiger partial charge in [-0.1, -0.05) is 0 Å². The first-order chi connectivity index (χ1) is 7.86. The molecule has 90 valence electrons. The van der Waals surface area contributed by atoms with Crippen molar-refractivity contribution in [1.29, 1.82) is 0 Å². The highest BCUT2D eigenvalue weighted by Crippen LogP contribution is 2.17. The van der Waals surface area contributed by atoms with Crippen molar-refractivity contribution in [3.8, 4) is 11.5 Å². The largest absolute Gasteiger partial charge is 0.494 e. The number of benzene rings is 1. The molecule has 1 aromatic carbocycles. The third kappa shape index (κ3) is 5.00. The minimum Gasteiger partial charge on any atom is -0.494 e. The SMILES string of the molecule is COCCCOc1ccc(OCOC)cc1. The molecule has 4 nitrogen and oxygen atoms in total. The van der Waals surface area contributed by atoms with Crippen LogP contribution in [0, 0.1) is 0 Å². The Morgan fingerprint density at radius 1 is 0.812 bits per heavy atom. The fourth-order valence-corrected chi connectivity index (χ4v) is 1.15. The second-order valence-corrected chi connectivity index (χ2v) is 3.22. The molecule has 0 atom stereocenters. The Labute approximate surface area is 96.1 Å². The Kier molecular flexibility index (Phi) is 6.37. The molecule has 0 aromatic heterocycles. The fourth-order valence-electron chi connectivity index (χ4n) is 1.15. The second kappa shape index (κ2) is 7.96. The van der Waals surface area contributed by atoms with Crippen LogP contribution >= 0.6 is 0 Å². The van der Waals surface area contributed by atoms with Crippen LogP contribution in [0.25, 0.3) is 0 Å². The van der Waals surface area contributed by atoms with Gasteiger partial charge in [-0.2, -0.15) is 0 Å². The molecule has 0 bridgehead atoms. The number of rotatable bonds is 8. The Morgan fingerprint density at radius 2 is 1.44 bits per heavy atom. The lowest BCUT2D eigenvalue weighted by Gasteiger charge is -2.07. The van der Waals surface area contributed by atoms with E-state index in [0.29, 0.717) is 6.61 Å². The summed E-state index contributed by atoms with van der Waals surface area (Å²) in [6.07, 6.45) is 0.887. The molecule has 0 aliphatic rings. The van der Waals surface area contributed by atoms with E-state index < -0.39 is 0 Å². The normalized spacial score (nSPS) is 10.1. The summed E-state index contributed by atoms with van der Waals surface area (Å²) in [5.41, 5.74) is 0. The van der Waals surface area contributed by atoms with Crippen molar-refractivity contribution < 1.29 is 18.9 Å². The maximum absolute atomic E-state index is 5.50. The standard InChI is InChI=1S/C12H18O4/c1-13-8-3-9-15-11-4-6-12(7-5-11)16-10-14-2/h4-7H,3,8-10H2,1-2H3. The zero-order valence-corrected chi connectivity index (χ0v) is 9.77. The van der Waals surface area contributed by atoms with Crippen LogP contribution in [0.1, 0.15) is 6.42 Å². The highest BCUT2D eigenvalue weighted by molar-refractivity contribution is 5.31. The molecule has 0 N–H and O–H groups in total. The van der Waals surface area contributed by atoms with Gasteiger partial charge in [-0.15, -0.1) is 0 Å². The summed E-state index contributed by atoms with van der Waals surface area (Å²) >= 11 is 0. The summed E-state index contributed by atoms with van der Waals surface area (Å²) < 4.78 is 20.5. The first-order valence-electron chi connectivity index (χ1n) is 5.20. The smallest absolute Gasteiger partial charge is 0.188 e. The molecule has 1 rings (SSSR count). The molecule has 16 heavy (non-hydrogen) atoms. The van der Waals surface area contributed by atoms with Crippen LogP contribution in [0.5, 0.6) is 11.5 Å². The van der Waals surface area contributed by atoms with E-state index >= 15 is 0 Å². The Bertz CT molecular complexity index is 271. The van der Waals surface area contributed by atoms with Crippen LogP contribution in [0.2, 0.25) is 0 Å². The van der Waals surface area contributed by atoms with Crippen molar-refractivity contribution >= 4 is 0 Å². The van der Waals surface area contributed by atoms with Gasteiger partial charge in [0.05, 0.1) is 6.61 Å². The van der Waals surface area contributed by atoms with E-state index in [-0.39, 0.29) is 6.79 Å². The van der Waals surface area contributed by atoms with Crippen LogP contribution in [0.15, 0.2) is 24.3 Å². The van der Waals surface area contributed by atoms with E-state index in [1.807, 2.05) is 24.3 Å². The van der Waals surface area contributed by atoms with Crippen molar-refractivity contribution in [1.82, 2.24) is 0 Å². The van der Waals surface area contributed by atoms with Gasteiger partial charge in [-0.25, -0.2) is 0 Å². The van der Waals surface area contributed by atoms with Crippen molar-refractivity contribution in [2.75, 3.05) is 34.2 Å². The maximum atomic E-state index is 5.50. The zero-order chi connectivity index (χ0) is 11.6. The van der Waals surface area contributed by atoms with Gasteiger partial charge < -0.3 is 18.9 Å². The van der Waals surface area contributed by atoms with Gasteiger partial charge in [0.1, 0.15) is 11.5 Å². The molecule has 0 unspecified atom stereocenters. The summed E-state index contributed by atoms with van der Waals surface area (Å²) in [6, 6.07) is 7.45. The molecule has 4 heteroatoms. The highest BCUT2D eigenvalue weighted by Gasteiger charge is 1.96. The first kappa shape index (κ1) is 12.8. The number of ether oxygens (including phenoxy) is 4. The lowest BCUT2D eigenvalue weighted by atomic mass is 10.3.